The molecule has 0 N–H and O–H groups in total. The second-order valence-corrected chi connectivity index (χ2v) is 5.15. The summed E-state index contributed by atoms with van der Waals surface area (Å²) in [6, 6.07) is 5.44. The summed E-state index contributed by atoms with van der Waals surface area (Å²) in [6.45, 7) is 0. The number of halogens is 6. The van der Waals surface area contributed by atoms with Crippen molar-refractivity contribution in [3.63, 3.8) is 0 Å². The average Bonchev–Trinajstić information content (AvgIpc) is 2.59. The van der Waals surface area contributed by atoms with Gasteiger partial charge in [0.2, 0.25) is 0 Å². The minimum atomic E-state index is -4.99. The molecule has 2 aromatic rings. The first-order valence-electron chi connectivity index (χ1n) is 7.12. The predicted octanol–water partition coefficient (Wildman–Crippen LogP) is 4.87. The molecule has 0 saturated heterocycles. The van der Waals surface area contributed by atoms with Gasteiger partial charge in [-0.3, -0.25) is 4.79 Å². The smallest absolute Gasteiger partial charge is 0.417 e. The first kappa shape index (κ1) is 20.3. The molecule has 0 spiro atoms. The standard InChI is InChI=1S/C17H10F6O4/c1-26-15(25)14(24)12-7-6-11(8-13(12)17(21,22)23)27-10-4-2-9(3-5-10)16(18,19)20/h2-8H,1H3. The monoisotopic (exact) mass is 392 g/mol. The van der Waals surface area contributed by atoms with Gasteiger partial charge in [-0.15, -0.1) is 0 Å². The van der Waals surface area contributed by atoms with Crippen molar-refractivity contribution in [1.29, 1.82) is 0 Å². The van der Waals surface area contributed by atoms with E-state index < -0.39 is 40.8 Å². The minimum Gasteiger partial charge on any atom is -0.463 e. The summed E-state index contributed by atoms with van der Waals surface area (Å²) in [6.07, 6.45) is -9.56. The second kappa shape index (κ2) is 7.29. The van der Waals surface area contributed by atoms with Crippen LogP contribution in [0.4, 0.5) is 26.3 Å². The van der Waals surface area contributed by atoms with E-state index in [0.717, 1.165) is 31.4 Å². The van der Waals surface area contributed by atoms with Crippen molar-refractivity contribution in [3.8, 4) is 11.5 Å². The van der Waals surface area contributed by atoms with E-state index in [4.69, 9.17) is 4.74 Å². The van der Waals surface area contributed by atoms with E-state index in [1.54, 1.807) is 0 Å². The zero-order valence-electron chi connectivity index (χ0n) is 13.4. The van der Waals surface area contributed by atoms with Crippen molar-refractivity contribution in [2.45, 2.75) is 12.4 Å². The van der Waals surface area contributed by atoms with Crippen LogP contribution in [0.1, 0.15) is 21.5 Å². The highest BCUT2D eigenvalue weighted by atomic mass is 19.4. The van der Waals surface area contributed by atoms with E-state index in [0.29, 0.717) is 18.2 Å². The van der Waals surface area contributed by atoms with E-state index in [2.05, 4.69) is 4.74 Å². The molecule has 0 atom stereocenters. The zero-order chi connectivity index (χ0) is 20.4. The summed E-state index contributed by atoms with van der Waals surface area (Å²) in [5.74, 6) is -3.51. The summed E-state index contributed by atoms with van der Waals surface area (Å²) in [7, 11) is 0.843. The van der Waals surface area contributed by atoms with Gasteiger partial charge >= 0.3 is 18.3 Å². The van der Waals surface area contributed by atoms with Gasteiger partial charge in [0.25, 0.3) is 5.78 Å². The maximum atomic E-state index is 13.2. The quantitative estimate of drug-likeness (QED) is 0.322. The van der Waals surface area contributed by atoms with Crippen molar-refractivity contribution in [2.24, 2.45) is 0 Å². The number of esters is 1. The molecule has 4 nitrogen and oxygen atoms in total. The molecule has 0 bridgehead atoms. The Morgan fingerprint density at radius 2 is 1.37 bits per heavy atom. The number of benzene rings is 2. The van der Waals surface area contributed by atoms with Crippen LogP contribution in [0.25, 0.3) is 0 Å². The van der Waals surface area contributed by atoms with E-state index in [9.17, 15) is 35.9 Å². The van der Waals surface area contributed by atoms with Gasteiger partial charge in [-0.2, -0.15) is 26.3 Å². The molecular weight excluding hydrogens is 382 g/mol. The number of ketones is 1. The van der Waals surface area contributed by atoms with Crippen LogP contribution in [0.3, 0.4) is 0 Å². The lowest BCUT2D eigenvalue weighted by molar-refractivity contribution is -0.139. The number of carbonyl (C=O) groups excluding carboxylic acids is 2. The molecule has 0 aliphatic heterocycles. The highest BCUT2D eigenvalue weighted by molar-refractivity contribution is 6.41. The Morgan fingerprint density at radius 1 is 0.815 bits per heavy atom. The molecule has 0 fully saturated rings. The summed E-state index contributed by atoms with van der Waals surface area (Å²) in [4.78, 5) is 22.9. The van der Waals surface area contributed by atoms with Crippen LogP contribution in [-0.2, 0) is 21.9 Å². The van der Waals surface area contributed by atoms with Gasteiger partial charge in [0.05, 0.1) is 18.2 Å². The largest absolute Gasteiger partial charge is 0.463 e. The van der Waals surface area contributed by atoms with Crippen LogP contribution in [0.15, 0.2) is 42.5 Å². The van der Waals surface area contributed by atoms with E-state index in [-0.39, 0.29) is 11.5 Å². The number of carbonyl (C=O) groups is 2. The van der Waals surface area contributed by atoms with Crippen LogP contribution in [-0.4, -0.2) is 18.9 Å². The highest BCUT2D eigenvalue weighted by Gasteiger charge is 2.37. The Morgan fingerprint density at radius 3 is 1.85 bits per heavy atom. The topological polar surface area (TPSA) is 52.6 Å². The molecule has 144 valence electrons. The van der Waals surface area contributed by atoms with Gasteiger partial charge in [0, 0.05) is 5.56 Å². The Labute approximate surface area is 148 Å². The number of rotatable bonds is 4. The van der Waals surface area contributed by atoms with Crippen molar-refractivity contribution in [2.75, 3.05) is 7.11 Å². The van der Waals surface area contributed by atoms with Gasteiger partial charge < -0.3 is 9.47 Å². The number of hydrogen-bond acceptors (Lipinski definition) is 4. The van der Waals surface area contributed by atoms with Gasteiger partial charge in [0.1, 0.15) is 11.5 Å². The first-order chi connectivity index (χ1) is 12.4. The Bertz CT molecular complexity index is 853. The number of Topliss-reactive ketones (excluding diaryl/α,β-unsaturated/α-hetero) is 1. The molecule has 0 aromatic heterocycles. The third-order valence-electron chi connectivity index (χ3n) is 3.33. The van der Waals surface area contributed by atoms with Crippen LogP contribution in [0, 0.1) is 0 Å². The highest BCUT2D eigenvalue weighted by Crippen LogP contribution is 2.36. The lowest BCUT2D eigenvalue weighted by atomic mass is 10.0. The van der Waals surface area contributed by atoms with Crippen molar-refractivity contribution >= 4 is 11.8 Å². The van der Waals surface area contributed by atoms with E-state index >= 15 is 0 Å². The Kier molecular flexibility index (Phi) is 5.48. The SMILES string of the molecule is COC(=O)C(=O)c1ccc(Oc2ccc(C(F)(F)F)cc2)cc1C(F)(F)F. The van der Waals surface area contributed by atoms with E-state index in [1.807, 2.05) is 0 Å². The summed E-state index contributed by atoms with van der Waals surface area (Å²) in [5, 5.41) is 0. The van der Waals surface area contributed by atoms with Crippen LogP contribution >= 0.6 is 0 Å². The normalized spacial score (nSPS) is 11.8. The van der Waals surface area contributed by atoms with E-state index in [1.165, 1.54) is 0 Å². The fourth-order valence-electron chi connectivity index (χ4n) is 2.07. The average molecular weight is 392 g/mol. The number of methoxy groups -OCH3 is 1. The Balaban J connectivity index is 2.36. The minimum absolute atomic E-state index is 0.150. The molecule has 0 heterocycles. The number of alkyl halides is 6. The summed E-state index contributed by atoms with van der Waals surface area (Å²) >= 11 is 0. The number of hydrogen-bond donors (Lipinski definition) is 0. The van der Waals surface area contributed by atoms with Crippen LogP contribution < -0.4 is 4.74 Å². The van der Waals surface area contributed by atoms with Crippen molar-refractivity contribution in [1.82, 2.24) is 0 Å². The zero-order valence-corrected chi connectivity index (χ0v) is 13.4. The second-order valence-electron chi connectivity index (χ2n) is 5.15. The predicted molar refractivity (Wildman–Crippen MR) is 79.3 cm³/mol. The molecule has 0 aliphatic rings. The molecule has 0 aliphatic carbocycles. The molecule has 0 radical (unpaired) electrons. The molecule has 0 saturated carbocycles. The Hall–Kier alpha value is -3.04. The molecule has 27 heavy (non-hydrogen) atoms. The summed E-state index contributed by atoms with van der Waals surface area (Å²) in [5.41, 5.74) is -3.33. The molecule has 0 amide bonds. The fourth-order valence-corrected chi connectivity index (χ4v) is 2.07. The van der Waals surface area contributed by atoms with Crippen molar-refractivity contribution in [3.05, 3.63) is 59.2 Å². The van der Waals surface area contributed by atoms with Crippen LogP contribution in [0.2, 0.25) is 0 Å². The van der Waals surface area contributed by atoms with Gasteiger partial charge in [-0.25, -0.2) is 4.79 Å². The fraction of sp³-hybridized carbons (Fsp3) is 0.176. The number of ether oxygens (including phenoxy) is 2. The molecule has 2 rings (SSSR count). The van der Waals surface area contributed by atoms with Crippen LogP contribution in [0.5, 0.6) is 11.5 Å². The van der Waals surface area contributed by atoms with Gasteiger partial charge in [-0.05, 0) is 42.5 Å². The summed E-state index contributed by atoms with van der Waals surface area (Å²) < 4.78 is 86.3. The molecular formula is C17H10F6O4. The van der Waals surface area contributed by atoms with Crippen molar-refractivity contribution < 1.29 is 45.4 Å². The van der Waals surface area contributed by atoms with Gasteiger partial charge in [-0.1, -0.05) is 0 Å². The lowest BCUT2D eigenvalue weighted by Gasteiger charge is -2.14. The first-order valence-corrected chi connectivity index (χ1v) is 7.12. The third-order valence-corrected chi connectivity index (χ3v) is 3.33. The molecule has 2 aromatic carbocycles. The maximum absolute atomic E-state index is 13.2. The lowest BCUT2D eigenvalue weighted by Crippen LogP contribution is -2.20. The molecule has 10 heteroatoms. The maximum Gasteiger partial charge on any atom is 0.417 e. The molecule has 0 unspecified atom stereocenters. The van der Waals surface area contributed by atoms with Gasteiger partial charge in [0.15, 0.2) is 0 Å². The third kappa shape index (κ3) is 4.78.